The Labute approximate surface area is 122 Å². The zero-order valence-corrected chi connectivity index (χ0v) is 12.7. The Morgan fingerprint density at radius 3 is 2.52 bits per heavy atom. The number of carbonyl (C=O) groups is 1. The van der Waals surface area contributed by atoms with Gasteiger partial charge < -0.3 is 15.4 Å². The van der Waals surface area contributed by atoms with Crippen molar-refractivity contribution in [2.24, 2.45) is 5.92 Å². The van der Waals surface area contributed by atoms with Crippen molar-refractivity contribution in [3.8, 4) is 0 Å². The molecule has 21 heavy (non-hydrogen) atoms. The van der Waals surface area contributed by atoms with Crippen LogP contribution >= 0.6 is 0 Å². The molecule has 0 aliphatic rings. The molecule has 1 rings (SSSR count). The van der Waals surface area contributed by atoms with Gasteiger partial charge in [-0.2, -0.15) is 0 Å². The van der Waals surface area contributed by atoms with Crippen molar-refractivity contribution in [2.75, 3.05) is 6.54 Å². The SMILES string of the molecule is Cc1[nH]c(=O)[nH]c(=O)c1CCC(=O)NCC(O)CC(C)C. The molecule has 7 nitrogen and oxygen atoms in total. The van der Waals surface area contributed by atoms with Gasteiger partial charge in [0.2, 0.25) is 5.91 Å². The lowest BCUT2D eigenvalue weighted by atomic mass is 10.1. The van der Waals surface area contributed by atoms with Crippen LogP contribution in [0.3, 0.4) is 0 Å². The Balaban J connectivity index is 2.47. The van der Waals surface area contributed by atoms with Crippen LogP contribution in [0.5, 0.6) is 0 Å². The van der Waals surface area contributed by atoms with E-state index in [0.717, 1.165) is 0 Å². The average Bonchev–Trinajstić information content (AvgIpc) is 2.34. The molecule has 0 aliphatic heterocycles. The van der Waals surface area contributed by atoms with Crippen LogP contribution in [0.15, 0.2) is 9.59 Å². The fraction of sp³-hybridized carbons (Fsp3) is 0.643. The molecular formula is C14H23N3O4. The first-order valence-corrected chi connectivity index (χ1v) is 7.06. The molecule has 1 atom stereocenters. The van der Waals surface area contributed by atoms with E-state index in [2.05, 4.69) is 15.3 Å². The van der Waals surface area contributed by atoms with E-state index in [4.69, 9.17) is 0 Å². The van der Waals surface area contributed by atoms with Gasteiger partial charge in [0.15, 0.2) is 0 Å². The summed E-state index contributed by atoms with van der Waals surface area (Å²) in [7, 11) is 0. The molecule has 1 heterocycles. The monoisotopic (exact) mass is 297 g/mol. The predicted octanol–water partition coefficient (Wildman–Crippen LogP) is -0.173. The van der Waals surface area contributed by atoms with Gasteiger partial charge in [0.05, 0.1) is 6.10 Å². The van der Waals surface area contributed by atoms with Crippen LogP contribution in [0.2, 0.25) is 0 Å². The summed E-state index contributed by atoms with van der Waals surface area (Å²) < 4.78 is 0. The van der Waals surface area contributed by atoms with E-state index in [9.17, 15) is 19.5 Å². The summed E-state index contributed by atoms with van der Waals surface area (Å²) in [5.74, 6) is 0.127. The molecule has 0 spiro atoms. The first-order chi connectivity index (χ1) is 9.79. The highest BCUT2D eigenvalue weighted by atomic mass is 16.3. The van der Waals surface area contributed by atoms with Crippen LogP contribution in [0, 0.1) is 12.8 Å². The number of aliphatic hydroxyl groups excluding tert-OH is 1. The summed E-state index contributed by atoms with van der Waals surface area (Å²) in [5.41, 5.74) is -0.157. The van der Waals surface area contributed by atoms with E-state index in [1.54, 1.807) is 6.92 Å². The standard InChI is InChI=1S/C14H23N3O4/c1-8(2)6-10(18)7-15-12(19)5-4-11-9(3)16-14(21)17-13(11)20/h8,10,18H,4-7H2,1-3H3,(H,15,19)(H2,16,17,20,21). The molecule has 0 aromatic carbocycles. The smallest absolute Gasteiger partial charge is 0.325 e. The zero-order valence-electron chi connectivity index (χ0n) is 12.7. The Kier molecular flexibility index (Phi) is 6.36. The number of H-pyrrole nitrogens is 2. The second-order valence-electron chi connectivity index (χ2n) is 5.60. The van der Waals surface area contributed by atoms with Gasteiger partial charge in [-0.1, -0.05) is 13.8 Å². The van der Waals surface area contributed by atoms with Crippen molar-refractivity contribution < 1.29 is 9.90 Å². The normalized spacial score (nSPS) is 12.4. The third-order valence-electron chi connectivity index (χ3n) is 3.14. The lowest BCUT2D eigenvalue weighted by Crippen LogP contribution is -2.33. The molecule has 1 amide bonds. The number of rotatable bonds is 7. The van der Waals surface area contributed by atoms with E-state index in [-0.39, 0.29) is 25.3 Å². The molecule has 0 bridgehead atoms. The lowest BCUT2D eigenvalue weighted by Gasteiger charge is -2.13. The number of aryl methyl sites for hydroxylation is 1. The predicted molar refractivity (Wildman–Crippen MR) is 79.2 cm³/mol. The van der Waals surface area contributed by atoms with Crippen molar-refractivity contribution in [1.82, 2.24) is 15.3 Å². The second kappa shape index (κ2) is 7.78. The maximum atomic E-state index is 11.7. The van der Waals surface area contributed by atoms with E-state index in [1.807, 2.05) is 13.8 Å². The summed E-state index contributed by atoms with van der Waals surface area (Å²) in [6, 6.07) is 0. The number of hydrogen-bond acceptors (Lipinski definition) is 4. The second-order valence-corrected chi connectivity index (χ2v) is 5.60. The maximum Gasteiger partial charge on any atom is 0.325 e. The van der Waals surface area contributed by atoms with E-state index >= 15 is 0 Å². The van der Waals surface area contributed by atoms with E-state index < -0.39 is 17.4 Å². The number of aromatic amines is 2. The minimum Gasteiger partial charge on any atom is -0.391 e. The molecule has 7 heteroatoms. The molecule has 0 saturated heterocycles. The fourth-order valence-corrected chi connectivity index (χ4v) is 2.11. The van der Waals surface area contributed by atoms with Gasteiger partial charge in [-0.3, -0.25) is 14.6 Å². The third kappa shape index (κ3) is 5.95. The Morgan fingerprint density at radius 1 is 1.29 bits per heavy atom. The molecule has 1 unspecified atom stereocenters. The van der Waals surface area contributed by atoms with Gasteiger partial charge in [-0.05, 0) is 25.7 Å². The number of aliphatic hydroxyl groups is 1. The fourth-order valence-electron chi connectivity index (χ4n) is 2.11. The Hall–Kier alpha value is -1.89. The molecule has 1 aromatic heterocycles. The van der Waals surface area contributed by atoms with Gasteiger partial charge in [-0.25, -0.2) is 4.79 Å². The first kappa shape index (κ1) is 17.2. The highest BCUT2D eigenvalue weighted by Crippen LogP contribution is 2.04. The van der Waals surface area contributed by atoms with Crippen LogP contribution in [0.1, 0.15) is 37.9 Å². The van der Waals surface area contributed by atoms with Crippen LogP contribution in [-0.4, -0.2) is 33.6 Å². The summed E-state index contributed by atoms with van der Waals surface area (Å²) in [6.07, 6.45) is 0.431. The quantitative estimate of drug-likeness (QED) is 0.559. The molecule has 0 fully saturated rings. The van der Waals surface area contributed by atoms with E-state index in [0.29, 0.717) is 23.6 Å². The summed E-state index contributed by atoms with van der Waals surface area (Å²) >= 11 is 0. The Morgan fingerprint density at radius 2 is 1.95 bits per heavy atom. The molecule has 0 saturated carbocycles. The van der Waals surface area contributed by atoms with Crippen molar-refractivity contribution in [1.29, 1.82) is 0 Å². The molecule has 118 valence electrons. The van der Waals surface area contributed by atoms with Crippen LogP contribution in [0.25, 0.3) is 0 Å². The van der Waals surface area contributed by atoms with Gasteiger partial charge in [0.25, 0.3) is 5.56 Å². The largest absolute Gasteiger partial charge is 0.391 e. The van der Waals surface area contributed by atoms with Crippen molar-refractivity contribution >= 4 is 5.91 Å². The number of nitrogens with one attached hydrogen (secondary N) is 3. The molecule has 1 aromatic rings. The van der Waals surface area contributed by atoms with Crippen molar-refractivity contribution in [3.05, 3.63) is 32.1 Å². The summed E-state index contributed by atoms with van der Waals surface area (Å²) in [5, 5.41) is 12.3. The average molecular weight is 297 g/mol. The number of amides is 1. The van der Waals surface area contributed by atoms with Crippen LogP contribution < -0.4 is 16.6 Å². The maximum absolute atomic E-state index is 11.7. The topological polar surface area (TPSA) is 115 Å². The third-order valence-corrected chi connectivity index (χ3v) is 3.14. The summed E-state index contributed by atoms with van der Waals surface area (Å²) in [6.45, 7) is 5.82. The molecule has 4 N–H and O–H groups in total. The van der Waals surface area contributed by atoms with Crippen LogP contribution in [-0.2, 0) is 11.2 Å². The lowest BCUT2D eigenvalue weighted by molar-refractivity contribution is -0.121. The highest BCUT2D eigenvalue weighted by molar-refractivity contribution is 5.76. The van der Waals surface area contributed by atoms with Crippen molar-refractivity contribution in [2.45, 2.75) is 46.1 Å². The van der Waals surface area contributed by atoms with Crippen molar-refractivity contribution in [3.63, 3.8) is 0 Å². The van der Waals surface area contributed by atoms with Gasteiger partial charge in [0.1, 0.15) is 0 Å². The molecular weight excluding hydrogens is 274 g/mol. The summed E-state index contributed by atoms with van der Waals surface area (Å²) in [4.78, 5) is 39.0. The number of carbonyl (C=O) groups excluding carboxylic acids is 1. The molecule has 0 aliphatic carbocycles. The van der Waals surface area contributed by atoms with E-state index in [1.165, 1.54) is 0 Å². The first-order valence-electron chi connectivity index (χ1n) is 7.06. The number of aromatic nitrogens is 2. The minimum absolute atomic E-state index is 0.129. The minimum atomic E-state index is -0.563. The zero-order chi connectivity index (χ0) is 16.0. The van der Waals surface area contributed by atoms with Gasteiger partial charge in [0, 0.05) is 24.2 Å². The van der Waals surface area contributed by atoms with Gasteiger partial charge >= 0.3 is 5.69 Å². The van der Waals surface area contributed by atoms with Gasteiger partial charge in [-0.15, -0.1) is 0 Å². The Bertz CT molecular complexity index is 589. The molecule has 0 radical (unpaired) electrons. The highest BCUT2D eigenvalue weighted by Gasteiger charge is 2.11. The number of hydrogen-bond donors (Lipinski definition) is 4. The van der Waals surface area contributed by atoms with Crippen LogP contribution in [0.4, 0.5) is 0 Å².